The molecule has 39 heavy (non-hydrogen) atoms. The molecule has 0 N–H and O–H groups in total. The predicted molar refractivity (Wildman–Crippen MR) is 148 cm³/mol. The molecular formula is C32H35NO6. The number of methoxy groups -OCH3 is 1. The first-order valence-corrected chi connectivity index (χ1v) is 13.4. The van der Waals surface area contributed by atoms with Crippen molar-refractivity contribution in [1.29, 1.82) is 0 Å². The van der Waals surface area contributed by atoms with Crippen molar-refractivity contribution in [2.45, 2.75) is 51.9 Å². The minimum atomic E-state index is -1.04. The SMILES string of the molecule is COC(=O)C(OC(C)(C)C)c1ccc2c(c1-c1ccc3c(c1)CCCO3)C(=O)N(Cc1ccccc1)CCO2. The van der Waals surface area contributed by atoms with Crippen LogP contribution < -0.4 is 9.47 Å². The number of rotatable bonds is 6. The average Bonchev–Trinajstić information content (AvgIpc) is 3.09. The lowest BCUT2D eigenvalue weighted by Gasteiger charge is -2.29. The van der Waals surface area contributed by atoms with Crippen LogP contribution in [0.5, 0.6) is 11.5 Å². The molecule has 1 amide bonds. The molecule has 7 heteroatoms. The van der Waals surface area contributed by atoms with Crippen LogP contribution in [-0.4, -0.2) is 49.2 Å². The zero-order valence-electron chi connectivity index (χ0n) is 23.0. The van der Waals surface area contributed by atoms with Gasteiger partial charge in [0.05, 0.1) is 31.4 Å². The van der Waals surface area contributed by atoms with E-state index in [4.69, 9.17) is 18.9 Å². The van der Waals surface area contributed by atoms with Crippen LogP contribution in [-0.2, 0) is 27.2 Å². The number of aryl methyl sites for hydroxylation is 1. The molecule has 0 saturated carbocycles. The molecule has 2 heterocycles. The summed E-state index contributed by atoms with van der Waals surface area (Å²) in [5.74, 6) is 0.645. The minimum Gasteiger partial charge on any atom is -0.493 e. The van der Waals surface area contributed by atoms with E-state index in [1.165, 1.54) is 7.11 Å². The summed E-state index contributed by atoms with van der Waals surface area (Å²) in [5.41, 5.74) is 3.85. The highest BCUT2D eigenvalue weighted by Crippen LogP contribution is 2.43. The van der Waals surface area contributed by atoms with E-state index in [0.717, 1.165) is 35.3 Å². The molecule has 0 bridgehead atoms. The number of carbonyl (C=O) groups excluding carboxylic acids is 2. The molecule has 0 aliphatic carbocycles. The minimum absolute atomic E-state index is 0.156. The molecule has 0 aromatic heterocycles. The molecule has 7 nitrogen and oxygen atoms in total. The van der Waals surface area contributed by atoms with Crippen LogP contribution in [0.3, 0.4) is 0 Å². The van der Waals surface area contributed by atoms with Crippen LogP contribution in [0, 0.1) is 0 Å². The van der Waals surface area contributed by atoms with E-state index in [1.54, 1.807) is 11.0 Å². The third-order valence-electron chi connectivity index (χ3n) is 6.90. The van der Waals surface area contributed by atoms with E-state index in [-0.39, 0.29) is 5.91 Å². The summed E-state index contributed by atoms with van der Waals surface area (Å²) in [7, 11) is 1.34. The quantitative estimate of drug-likeness (QED) is 0.379. The first-order valence-electron chi connectivity index (χ1n) is 13.4. The van der Waals surface area contributed by atoms with Gasteiger partial charge < -0.3 is 23.8 Å². The Morgan fingerprint density at radius 3 is 2.46 bits per heavy atom. The number of ether oxygens (including phenoxy) is 4. The number of fused-ring (bicyclic) bond motifs is 2. The number of benzene rings is 3. The highest BCUT2D eigenvalue weighted by Gasteiger charge is 2.35. The van der Waals surface area contributed by atoms with Crippen LogP contribution in [0.15, 0.2) is 60.7 Å². The van der Waals surface area contributed by atoms with Gasteiger partial charge in [-0.05, 0) is 68.5 Å². The molecule has 0 spiro atoms. The molecule has 0 radical (unpaired) electrons. The fourth-order valence-corrected chi connectivity index (χ4v) is 5.16. The van der Waals surface area contributed by atoms with Crippen molar-refractivity contribution >= 4 is 11.9 Å². The number of nitrogens with zero attached hydrogens (tertiary/aromatic N) is 1. The predicted octanol–water partition coefficient (Wildman–Crippen LogP) is 5.74. The van der Waals surface area contributed by atoms with Gasteiger partial charge in [0.2, 0.25) is 0 Å². The second-order valence-electron chi connectivity index (χ2n) is 10.9. The van der Waals surface area contributed by atoms with Crippen molar-refractivity contribution in [2.75, 3.05) is 26.9 Å². The van der Waals surface area contributed by atoms with Gasteiger partial charge in [-0.15, -0.1) is 0 Å². The lowest BCUT2D eigenvalue weighted by molar-refractivity contribution is -0.164. The first kappa shape index (κ1) is 26.8. The summed E-state index contributed by atoms with van der Waals surface area (Å²) >= 11 is 0. The Kier molecular flexibility index (Phi) is 7.62. The second kappa shape index (κ2) is 11.1. The van der Waals surface area contributed by atoms with Crippen molar-refractivity contribution in [2.24, 2.45) is 0 Å². The fourth-order valence-electron chi connectivity index (χ4n) is 5.16. The Balaban J connectivity index is 1.70. The third-order valence-corrected chi connectivity index (χ3v) is 6.90. The van der Waals surface area contributed by atoms with Gasteiger partial charge in [-0.1, -0.05) is 42.5 Å². The standard InChI is InChI=1S/C32H35NO6/c1-32(2,3)39-29(31(35)36-4)24-13-15-26-28(27(24)23-12-14-25-22(19-23)11-8-17-37-25)30(34)33(16-18-38-26)20-21-9-6-5-7-10-21/h5-7,9-10,12-15,19,29H,8,11,16-18,20H2,1-4H3. The van der Waals surface area contributed by atoms with Gasteiger partial charge in [-0.25, -0.2) is 4.79 Å². The van der Waals surface area contributed by atoms with Crippen LogP contribution in [0.4, 0.5) is 0 Å². The van der Waals surface area contributed by atoms with Gasteiger partial charge in [0.1, 0.15) is 18.1 Å². The summed E-state index contributed by atoms with van der Waals surface area (Å²) in [5, 5.41) is 0. The van der Waals surface area contributed by atoms with Crippen LogP contribution in [0.1, 0.15) is 60.3 Å². The summed E-state index contributed by atoms with van der Waals surface area (Å²) < 4.78 is 23.4. The number of esters is 1. The molecule has 204 valence electrons. The molecule has 5 rings (SSSR count). The molecule has 0 saturated heterocycles. The largest absolute Gasteiger partial charge is 0.493 e. The molecule has 3 aromatic rings. The number of hydrogen-bond acceptors (Lipinski definition) is 6. The first-order chi connectivity index (χ1) is 18.7. The van der Waals surface area contributed by atoms with E-state index in [9.17, 15) is 9.59 Å². The van der Waals surface area contributed by atoms with Gasteiger partial charge >= 0.3 is 5.97 Å². The molecular weight excluding hydrogens is 494 g/mol. The van der Waals surface area contributed by atoms with E-state index in [1.807, 2.05) is 69.3 Å². The van der Waals surface area contributed by atoms with Crippen LogP contribution >= 0.6 is 0 Å². The average molecular weight is 530 g/mol. The van der Waals surface area contributed by atoms with E-state index in [0.29, 0.717) is 48.7 Å². The molecule has 2 aliphatic rings. The zero-order chi connectivity index (χ0) is 27.6. The molecule has 3 aromatic carbocycles. The summed E-state index contributed by atoms with van der Waals surface area (Å²) in [6.45, 7) is 7.59. The van der Waals surface area contributed by atoms with Crippen LogP contribution in [0.2, 0.25) is 0 Å². The third kappa shape index (κ3) is 5.78. The summed E-state index contributed by atoms with van der Waals surface area (Å²) in [4.78, 5) is 29.2. The summed E-state index contributed by atoms with van der Waals surface area (Å²) in [6, 6.07) is 19.4. The normalized spacial score (nSPS) is 15.8. The Bertz CT molecular complexity index is 1360. The lowest BCUT2D eigenvalue weighted by Crippen LogP contribution is -2.32. The maximum atomic E-state index is 14.3. The van der Waals surface area contributed by atoms with Crippen molar-refractivity contribution in [3.05, 3.63) is 82.9 Å². The number of hydrogen-bond donors (Lipinski definition) is 0. The molecule has 2 aliphatic heterocycles. The van der Waals surface area contributed by atoms with Gasteiger partial charge in [0, 0.05) is 17.7 Å². The van der Waals surface area contributed by atoms with Gasteiger partial charge in [-0.2, -0.15) is 0 Å². The van der Waals surface area contributed by atoms with E-state index < -0.39 is 17.7 Å². The summed E-state index contributed by atoms with van der Waals surface area (Å²) in [6.07, 6.45) is 0.749. The number of carbonyl (C=O) groups is 2. The zero-order valence-corrected chi connectivity index (χ0v) is 23.0. The number of amides is 1. The Hall–Kier alpha value is -3.84. The van der Waals surface area contributed by atoms with Crippen molar-refractivity contribution in [1.82, 2.24) is 4.90 Å². The van der Waals surface area contributed by atoms with Crippen molar-refractivity contribution in [3.63, 3.8) is 0 Å². The smallest absolute Gasteiger partial charge is 0.339 e. The monoisotopic (exact) mass is 529 g/mol. The Labute approximate surface area is 229 Å². The van der Waals surface area contributed by atoms with Crippen molar-refractivity contribution < 1.29 is 28.5 Å². The molecule has 1 atom stereocenters. The fraction of sp³-hybridized carbons (Fsp3) is 0.375. The Morgan fingerprint density at radius 2 is 1.72 bits per heavy atom. The van der Waals surface area contributed by atoms with E-state index >= 15 is 0 Å². The van der Waals surface area contributed by atoms with Gasteiger partial charge in [-0.3, -0.25) is 4.79 Å². The van der Waals surface area contributed by atoms with Crippen LogP contribution in [0.25, 0.3) is 11.1 Å². The van der Waals surface area contributed by atoms with Gasteiger partial charge in [0.15, 0.2) is 6.10 Å². The van der Waals surface area contributed by atoms with Crippen molar-refractivity contribution in [3.8, 4) is 22.6 Å². The second-order valence-corrected chi connectivity index (χ2v) is 10.9. The highest BCUT2D eigenvalue weighted by molar-refractivity contribution is 6.05. The van der Waals surface area contributed by atoms with E-state index in [2.05, 4.69) is 6.07 Å². The molecule has 1 unspecified atom stereocenters. The maximum Gasteiger partial charge on any atom is 0.339 e. The Morgan fingerprint density at radius 1 is 0.974 bits per heavy atom. The topological polar surface area (TPSA) is 74.3 Å². The van der Waals surface area contributed by atoms with Gasteiger partial charge in [0.25, 0.3) is 5.91 Å². The highest BCUT2D eigenvalue weighted by atomic mass is 16.6. The lowest BCUT2D eigenvalue weighted by atomic mass is 9.88. The molecule has 0 fully saturated rings. The maximum absolute atomic E-state index is 14.3.